The zero-order chi connectivity index (χ0) is 18.6. The van der Waals surface area contributed by atoms with E-state index >= 15 is 0 Å². The lowest BCUT2D eigenvalue weighted by molar-refractivity contribution is 0.0954. The molecule has 2 aromatic rings. The van der Waals surface area contributed by atoms with Gasteiger partial charge in [0.15, 0.2) is 0 Å². The number of halogens is 1. The van der Waals surface area contributed by atoms with Crippen LogP contribution in [0.25, 0.3) is 0 Å². The zero-order valence-corrected chi connectivity index (χ0v) is 15.0. The van der Waals surface area contributed by atoms with E-state index in [-0.39, 0.29) is 5.56 Å². The number of carbonyl (C=O) groups excluding carboxylic acids is 1. The topological polar surface area (TPSA) is 79.4 Å². The Labute approximate surface area is 152 Å². The standard InChI is InChI=1S/C18H20FN3O3S/c19-16-7-6-14(13-17(16)26(24,25)22-11-3-4-12-22)18(23)21-10-8-15-5-1-2-9-20-15/h1-2,5-7,9,13H,3-4,8,10-12H2,(H,21,23). The fraction of sp³-hybridized carbons (Fsp3) is 0.333. The molecular weight excluding hydrogens is 357 g/mol. The second-order valence-corrected chi connectivity index (χ2v) is 7.99. The van der Waals surface area contributed by atoms with Gasteiger partial charge in [-0.15, -0.1) is 0 Å². The van der Waals surface area contributed by atoms with Crippen molar-refractivity contribution in [3.05, 3.63) is 59.7 Å². The molecule has 0 spiro atoms. The average Bonchev–Trinajstić information content (AvgIpc) is 3.18. The van der Waals surface area contributed by atoms with Crippen LogP contribution in [0.4, 0.5) is 4.39 Å². The molecule has 0 radical (unpaired) electrons. The summed E-state index contributed by atoms with van der Waals surface area (Å²) in [6.45, 7) is 1.10. The van der Waals surface area contributed by atoms with Gasteiger partial charge in [0.25, 0.3) is 5.91 Å². The molecule has 1 aromatic heterocycles. The van der Waals surface area contributed by atoms with Gasteiger partial charge in [0.2, 0.25) is 10.0 Å². The smallest absolute Gasteiger partial charge is 0.251 e. The monoisotopic (exact) mass is 377 g/mol. The van der Waals surface area contributed by atoms with Gasteiger partial charge in [-0.3, -0.25) is 9.78 Å². The molecule has 0 unspecified atom stereocenters. The fourth-order valence-electron chi connectivity index (χ4n) is 2.86. The lowest BCUT2D eigenvalue weighted by Crippen LogP contribution is -2.30. The van der Waals surface area contributed by atoms with Crippen molar-refractivity contribution in [3.63, 3.8) is 0 Å². The third-order valence-corrected chi connectivity index (χ3v) is 6.18. The number of benzene rings is 1. The number of rotatable bonds is 6. The highest BCUT2D eigenvalue weighted by Gasteiger charge is 2.30. The van der Waals surface area contributed by atoms with Crippen molar-refractivity contribution in [2.24, 2.45) is 0 Å². The van der Waals surface area contributed by atoms with Crippen LogP contribution >= 0.6 is 0 Å². The normalized spacial score (nSPS) is 15.1. The van der Waals surface area contributed by atoms with E-state index in [1.807, 2.05) is 18.2 Å². The van der Waals surface area contributed by atoms with E-state index in [2.05, 4.69) is 10.3 Å². The molecule has 1 amide bonds. The summed E-state index contributed by atoms with van der Waals surface area (Å²) in [4.78, 5) is 16.0. The minimum atomic E-state index is -3.92. The molecule has 0 atom stereocenters. The van der Waals surface area contributed by atoms with Crippen molar-refractivity contribution in [2.75, 3.05) is 19.6 Å². The minimum Gasteiger partial charge on any atom is -0.352 e. The Hall–Kier alpha value is -2.32. The summed E-state index contributed by atoms with van der Waals surface area (Å²) >= 11 is 0. The molecular formula is C18H20FN3O3S. The lowest BCUT2D eigenvalue weighted by atomic mass is 10.2. The van der Waals surface area contributed by atoms with Gasteiger partial charge >= 0.3 is 0 Å². The van der Waals surface area contributed by atoms with Crippen LogP contribution in [0.2, 0.25) is 0 Å². The van der Waals surface area contributed by atoms with Gasteiger partial charge in [0.05, 0.1) is 0 Å². The molecule has 1 aliphatic heterocycles. The van der Waals surface area contributed by atoms with Gasteiger partial charge in [0, 0.05) is 43.5 Å². The van der Waals surface area contributed by atoms with Crippen LogP contribution in [0, 0.1) is 5.82 Å². The molecule has 2 heterocycles. The molecule has 8 heteroatoms. The summed E-state index contributed by atoms with van der Waals surface area (Å²) in [5.74, 6) is -1.29. The molecule has 6 nitrogen and oxygen atoms in total. The van der Waals surface area contributed by atoms with E-state index in [4.69, 9.17) is 0 Å². The highest BCUT2D eigenvalue weighted by Crippen LogP contribution is 2.24. The molecule has 26 heavy (non-hydrogen) atoms. The first-order valence-corrected chi connectivity index (χ1v) is 9.90. The largest absolute Gasteiger partial charge is 0.352 e. The van der Waals surface area contributed by atoms with Gasteiger partial charge in [-0.05, 0) is 43.2 Å². The predicted octanol–water partition coefficient (Wildman–Crippen LogP) is 1.98. The summed E-state index contributed by atoms with van der Waals surface area (Å²) in [6.07, 6.45) is 3.74. The third-order valence-electron chi connectivity index (χ3n) is 4.27. The Bertz CT molecular complexity index is 882. The number of amides is 1. The molecule has 0 saturated carbocycles. The summed E-state index contributed by atoms with van der Waals surface area (Å²) < 4.78 is 40.5. The van der Waals surface area contributed by atoms with Crippen molar-refractivity contribution < 1.29 is 17.6 Å². The number of nitrogens with zero attached hydrogens (tertiary/aromatic N) is 2. The molecule has 1 aliphatic rings. The molecule has 1 N–H and O–H groups in total. The van der Waals surface area contributed by atoms with Crippen LogP contribution in [0.15, 0.2) is 47.5 Å². The van der Waals surface area contributed by atoms with E-state index < -0.39 is 26.6 Å². The summed E-state index contributed by atoms with van der Waals surface area (Å²) in [5, 5.41) is 2.71. The van der Waals surface area contributed by atoms with E-state index in [1.165, 1.54) is 10.4 Å². The van der Waals surface area contributed by atoms with Crippen LogP contribution in [0.3, 0.4) is 0 Å². The number of sulfonamides is 1. The zero-order valence-electron chi connectivity index (χ0n) is 14.2. The molecule has 3 rings (SSSR count). The summed E-state index contributed by atoms with van der Waals surface area (Å²) in [7, 11) is -3.92. The average molecular weight is 377 g/mol. The van der Waals surface area contributed by atoms with Gasteiger partial charge in [-0.2, -0.15) is 4.31 Å². The van der Waals surface area contributed by atoms with Crippen molar-refractivity contribution in [1.29, 1.82) is 0 Å². The summed E-state index contributed by atoms with van der Waals surface area (Å²) in [5.41, 5.74) is 0.953. The maximum absolute atomic E-state index is 14.1. The highest BCUT2D eigenvalue weighted by atomic mass is 32.2. The molecule has 1 fully saturated rings. The SMILES string of the molecule is O=C(NCCc1ccccn1)c1ccc(F)c(S(=O)(=O)N2CCCC2)c1. The number of aromatic nitrogens is 1. The Morgan fingerprint density at radius 3 is 2.65 bits per heavy atom. The van der Waals surface area contributed by atoms with Gasteiger partial charge < -0.3 is 5.32 Å². The van der Waals surface area contributed by atoms with Gasteiger partial charge in [-0.1, -0.05) is 6.07 Å². The third kappa shape index (κ3) is 4.08. The Kier molecular flexibility index (Phi) is 5.63. The summed E-state index contributed by atoms with van der Waals surface area (Å²) in [6, 6.07) is 8.94. The van der Waals surface area contributed by atoms with E-state index in [0.717, 1.165) is 30.7 Å². The van der Waals surface area contributed by atoms with E-state index in [1.54, 1.807) is 6.20 Å². The highest BCUT2D eigenvalue weighted by molar-refractivity contribution is 7.89. The lowest BCUT2D eigenvalue weighted by Gasteiger charge is -2.16. The van der Waals surface area contributed by atoms with Crippen LogP contribution in [-0.4, -0.2) is 43.2 Å². The Balaban J connectivity index is 1.71. The molecule has 1 saturated heterocycles. The molecule has 0 bridgehead atoms. The number of hydrogen-bond acceptors (Lipinski definition) is 4. The van der Waals surface area contributed by atoms with Crippen molar-refractivity contribution in [3.8, 4) is 0 Å². The van der Waals surface area contributed by atoms with Crippen molar-refractivity contribution >= 4 is 15.9 Å². The predicted molar refractivity (Wildman–Crippen MR) is 94.7 cm³/mol. The van der Waals surface area contributed by atoms with Crippen molar-refractivity contribution in [2.45, 2.75) is 24.2 Å². The molecule has 138 valence electrons. The first-order valence-electron chi connectivity index (χ1n) is 8.46. The van der Waals surface area contributed by atoms with Crippen molar-refractivity contribution in [1.82, 2.24) is 14.6 Å². The quantitative estimate of drug-likeness (QED) is 0.835. The number of nitrogens with one attached hydrogen (secondary N) is 1. The Morgan fingerprint density at radius 1 is 1.19 bits per heavy atom. The number of pyridine rings is 1. The second kappa shape index (κ2) is 7.92. The number of carbonyl (C=O) groups is 1. The van der Waals surface area contributed by atoms with Gasteiger partial charge in [0.1, 0.15) is 10.7 Å². The van der Waals surface area contributed by atoms with Crippen LogP contribution < -0.4 is 5.32 Å². The molecule has 1 aromatic carbocycles. The van der Waals surface area contributed by atoms with Gasteiger partial charge in [-0.25, -0.2) is 12.8 Å². The maximum Gasteiger partial charge on any atom is 0.251 e. The van der Waals surface area contributed by atoms with Crippen LogP contribution in [-0.2, 0) is 16.4 Å². The molecule has 0 aliphatic carbocycles. The maximum atomic E-state index is 14.1. The van der Waals surface area contributed by atoms with Crippen LogP contribution in [0.1, 0.15) is 28.9 Å². The van der Waals surface area contributed by atoms with Crippen LogP contribution in [0.5, 0.6) is 0 Å². The fourth-order valence-corrected chi connectivity index (χ4v) is 4.47. The second-order valence-electron chi connectivity index (χ2n) is 6.08. The first kappa shape index (κ1) is 18.5. The minimum absolute atomic E-state index is 0.116. The number of hydrogen-bond donors (Lipinski definition) is 1. The first-order chi connectivity index (χ1) is 12.5. The van der Waals surface area contributed by atoms with E-state index in [9.17, 15) is 17.6 Å². The van der Waals surface area contributed by atoms with E-state index in [0.29, 0.717) is 26.1 Å². The Morgan fingerprint density at radius 2 is 1.96 bits per heavy atom.